The summed E-state index contributed by atoms with van der Waals surface area (Å²) in [6.45, 7) is 9.95. The van der Waals surface area contributed by atoms with Crippen molar-refractivity contribution >= 4 is 45.8 Å². The van der Waals surface area contributed by atoms with Gasteiger partial charge in [-0.3, -0.25) is 20.7 Å². The number of aliphatic imine (C=N–C) groups is 1. The number of thiophene rings is 1. The van der Waals surface area contributed by atoms with Gasteiger partial charge in [0, 0.05) is 27.6 Å². The standard InChI is InChI=1S/C22H28ClN5S/c1-5-26-11-17-10-19(17)27-21(16-6-8-18(23)9-7-16)20-13(2)14(3)29-22(20)28(12-24)15(4)25/h6-9,12,17,19,24-26H,5,10-11H2,1-4H3. The van der Waals surface area contributed by atoms with Gasteiger partial charge in [-0.05, 0) is 57.4 Å². The van der Waals surface area contributed by atoms with Crippen molar-refractivity contribution in [2.24, 2.45) is 10.9 Å². The number of aryl methyl sites for hydroxylation is 1. The van der Waals surface area contributed by atoms with Gasteiger partial charge in [-0.15, -0.1) is 11.3 Å². The van der Waals surface area contributed by atoms with E-state index in [-0.39, 0.29) is 0 Å². The highest BCUT2D eigenvalue weighted by atomic mass is 35.5. The molecule has 1 saturated carbocycles. The van der Waals surface area contributed by atoms with E-state index in [2.05, 4.69) is 26.1 Å². The lowest BCUT2D eigenvalue weighted by Gasteiger charge is -2.19. The Morgan fingerprint density at radius 3 is 2.62 bits per heavy atom. The highest BCUT2D eigenvalue weighted by Gasteiger charge is 2.37. The van der Waals surface area contributed by atoms with Gasteiger partial charge in [0.2, 0.25) is 0 Å². The predicted octanol–water partition coefficient (Wildman–Crippen LogP) is 5.26. The van der Waals surface area contributed by atoms with Crippen LogP contribution in [0.15, 0.2) is 29.3 Å². The fourth-order valence-electron chi connectivity index (χ4n) is 3.36. The summed E-state index contributed by atoms with van der Waals surface area (Å²) >= 11 is 7.73. The fourth-order valence-corrected chi connectivity index (χ4v) is 4.67. The summed E-state index contributed by atoms with van der Waals surface area (Å²) in [5.74, 6) is 0.874. The predicted molar refractivity (Wildman–Crippen MR) is 126 cm³/mol. The minimum absolute atomic E-state index is 0.293. The Bertz CT molecular complexity index is 931. The van der Waals surface area contributed by atoms with Crippen LogP contribution in [0, 0.1) is 30.6 Å². The van der Waals surface area contributed by atoms with Gasteiger partial charge in [-0.1, -0.05) is 30.7 Å². The minimum Gasteiger partial charge on any atom is -0.317 e. The van der Waals surface area contributed by atoms with E-state index >= 15 is 0 Å². The quantitative estimate of drug-likeness (QED) is 0.395. The van der Waals surface area contributed by atoms with Crippen molar-refractivity contribution in [3.05, 3.63) is 50.9 Å². The zero-order valence-electron chi connectivity index (χ0n) is 17.3. The van der Waals surface area contributed by atoms with E-state index in [1.165, 1.54) is 11.2 Å². The Labute approximate surface area is 181 Å². The molecule has 3 rings (SSSR count). The average Bonchev–Trinajstić information content (AvgIpc) is 3.37. The van der Waals surface area contributed by atoms with Crippen LogP contribution < -0.4 is 10.2 Å². The Balaban J connectivity index is 2.11. The third kappa shape index (κ3) is 4.77. The van der Waals surface area contributed by atoms with Crippen LogP contribution in [0.2, 0.25) is 5.02 Å². The number of benzene rings is 1. The van der Waals surface area contributed by atoms with Crippen LogP contribution in [0.1, 0.15) is 41.8 Å². The number of nitrogens with zero attached hydrogens (tertiary/aromatic N) is 2. The van der Waals surface area contributed by atoms with Gasteiger partial charge in [0.25, 0.3) is 0 Å². The van der Waals surface area contributed by atoms with Crippen LogP contribution >= 0.6 is 22.9 Å². The summed E-state index contributed by atoms with van der Waals surface area (Å²) in [5, 5.41) is 20.9. The molecule has 1 aromatic carbocycles. The summed E-state index contributed by atoms with van der Waals surface area (Å²) in [5.41, 5.74) is 4.10. The van der Waals surface area contributed by atoms with E-state index in [9.17, 15) is 0 Å². The molecule has 154 valence electrons. The zero-order valence-corrected chi connectivity index (χ0v) is 18.9. The highest BCUT2D eigenvalue weighted by molar-refractivity contribution is 7.17. The normalized spacial score (nSPS) is 18.6. The first-order valence-electron chi connectivity index (χ1n) is 9.87. The lowest BCUT2D eigenvalue weighted by Crippen LogP contribution is -2.26. The Hall–Kier alpha value is -2.02. The molecule has 7 heteroatoms. The van der Waals surface area contributed by atoms with Crippen molar-refractivity contribution in [3.8, 4) is 0 Å². The molecule has 5 nitrogen and oxygen atoms in total. The first-order valence-corrected chi connectivity index (χ1v) is 11.1. The lowest BCUT2D eigenvalue weighted by atomic mass is 9.99. The van der Waals surface area contributed by atoms with Gasteiger partial charge in [0.05, 0.1) is 18.1 Å². The zero-order chi connectivity index (χ0) is 21.1. The van der Waals surface area contributed by atoms with Crippen molar-refractivity contribution in [3.63, 3.8) is 0 Å². The molecule has 1 aliphatic rings. The van der Waals surface area contributed by atoms with Crippen LogP contribution in [-0.2, 0) is 0 Å². The van der Waals surface area contributed by atoms with Gasteiger partial charge in [0.15, 0.2) is 0 Å². The Morgan fingerprint density at radius 2 is 2.03 bits per heavy atom. The highest BCUT2D eigenvalue weighted by Crippen LogP contribution is 2.40. The molecule has 0 bridgehead atoms. The second-order valence-electron chi connectivity index (χ2n) is 7.40. The molecule has 0 radical (unpaired) electrons. The molecule has 29 heavy (non-hydrogen) atoms. The molecule has 2 atom stereocenters. The smallest absolute Gasteiger partial charge is 0.112 e. The molecule has 2 aromatic rings. The molecule has 1 heterocycles. The van der Waals surface area contributed by atoms with E-state index in [1.54, 1.807) is 23.2 Å². The second-order valence-corrected chi connectivity index (χ2v) is 9.04. The summed E-state index contributed by atoms with van der Waals surface area (Å²) in [6.07, 6.45) is 2.29. The van der Waals surface area contributed by atoms with E-state index in [0.29, 0.717) is 22.8 Å². The van der Waals surface area contributed by atoms with Crippen LogP contribution in [-0.4, -0.2) is 37.0 Å². The van der Waals surface area contributed by atoms with Crippen molar-refractivity contribution in [1.82, 2.24) is 5.32 Å². The van der Waals surface area contributed by atoms with Crippen molar-refractivity contribution < 1.29 is 0 Å². The summed E-state index contributed by atoms with van der Waals surface area (Å²) in [6, 6.07) is 8.08. The number of hydrogen-bond acceptors (Lipinski definition) is 5. The van der Waals surface area contributed by atoms with E-state index < -0.39 is 0 Å². The number of hydrogen-bond donors (Lipinski definition) is 3. The van der Waals surface area contributed by atoms with Gasteiger partial charge >= 0.3 is 0 Å². The largest absolute Gasteiger partial charge is 0.317 e. The van der Waals surface area contributed by atoms with Crippen molar-refractivity contribution in [2.75, 3.05) is 18.0 Å². The summed E-state index contributed by atoms with van der Waals surface area (Å²) in [7, 11) is 0. The van der Waals surface area contributed by atoms with E-state index in [1.807, 2.05) is 24.3 Å². The fraction of sp³-hybridized carbons (Fsp3) is 0.409. The molecule has 0 amide bonds. The molecular weight excluding hydrogens is 402 g/mol. The molecule has 1 fully saturated rings. The third-order valence-electron chi connectivity index (χ3n) is 5.27. The van der Waals surface area contributed by atoms with Crippen LogP contribution in [0.5, 0.6) is 0 Å². The number of rotatable bonds is 8. The monoisotopic (exact) mass is 429 g/mol. The molecule has 0 aliphatic heterocycles. The third-order valence-corrected chi connectivity index (χ3v) is 6.73. The topological polar surface area (TPSA) is 75.3 Å². The van der Waals surface area contributed by atoms with Crippen LogP contribution in [0.3, 0.4) is 0 Å². The maximum absolute atomic E-state index is 8.12. The maximum atomic E-state index is 8.12. The number of anilines is 1. The SMILES string of the molecule is CCNCC1CC1N=C(c1ccc(Cl)cc1)c1c(N(C=N)C(C)=N)sc(C)c1C. The molecule has 2 unspecified atom stereocenters. The van der Waals surface area contributed by atoms with Crippen molar-refractivity contribution in [2.45, 2.75) is 40.2 Å². The number of nitrogens with one attached hydrogen (secondary N) is 3. The lowest BCUT2D eigenvalue weighted by molar-refractivity contribution is 0.648. The van der Waals surface area contributed by atoms with Gasteiger partial charge in [0.1, 0.15) is 10.8 Å². The second kappa shape index (κ2) is 9.20. The summed E-state index contributed by atoms with van der Waals surface area (Å²) in [4.78, 5) is 7.96. The molecular formula is C22H28ClN5S. The van der Waals surface area contributed by atoms with Gasteiger partial charge in [-0.25, -0.2) is 0 Å². The van der Waals surface area contributed by atoms with E-state index in [4.69, 9.17) is 27.4 Å². The van der Waals surface area contributed by atoms with Crippen LogP contribution in [0.25, 0.3) is 0 Å². The molecule has 1 aliphatic carbocycles. The van der Waals surface area contributed by atoms with Gasteiger partial charge < -0.3 is 5.32 Å². The molecule has 3 N–H and O–H groups in total. The molecule has 0 spiro atoms. The van der Waals surface area contributed by atoms with Gasteiger partial charge in [-0.2, -0.15) is 0 Å². The average molecular weight is 430 g/mol. The number of amidine groups is 1. The first kappa shape index (κ1) is 21.7. The number of halogens is 1. The Kier molecular flexibility index (Phi) is 6.88. The minimum atomic E-state index is 0.293. The van der Waals surface area contributed by atoms with Crippen molar-refractivity contribution in [1.29, 1.82) is 10.8 Å². The van der Waals surface area contributed by atoms with Crippen LogP contribution in [0.4, 0.5) is 5.00 Å². The Morgan fingerprint density at radius 1 is 1.34 bits per heavy atom. The summed E-state index contributed by atoms with van der Waals surface area (Å²) < 4.78 is 0. The van der Waals surface area contributed by atoms with E-state index in [0.717, 1.165) is 46.9 Å². The molecule has 0 saturated heterocycles. The first-order chi connectivity index (χ1) is 13.9. The maximum Gasteiger partial charge on any atom is 0.112 e. The molecule has 1 aromatic heterocycles.